The van der Waals surface area contributed by atoms with Gasteiger partial charge in [-0.3, -0.25) is 4.79 Å². The van der Waals surface area contributed by atoms with Crippen LogP contribution in [0, 0.1) is 11.3 Å². The van der Waals surface area contributed by atoms with E-state index < -0.39 is 0 Å². The molecule has 2 aromatic rings. The highest BCUT2D eigenvalue weighted by molar-refractivity contribution is 7.16. The summed E-state index contributed by atoms with van der Waals surface area (Å²) >= 11 is 1.52. The molecule has 1 heterocycles. The van der Waals surface area contributed by atoms with Crippen molar-refractivity contribution in [2.75, 3.05) is 19.5 Å². The van der Waals surface area contributed by atoms with Crippen LogP contribution in [0.15, 0.2) is 24.3 Å². The van der Waals surface area contributed by atoms with Crippen LogP contribution in [0.25, 0.3) is 6.08 Å². The first kappa shape index (κ1) is 18.0. The monoisotopic (exact) mass is 368 g/mol. The molecule has 0 spiro atoms. The second kappa shape index (κ2) is 8.07. The topological polar surface area (TPSA) is 71.3 Å². The first-order valence-corrected chi connectivity index (χ1v) is 9.23. The van der Waals surface area contributed by atoms with Crippen molar-refractivity contribution in [2.24, 2.45) is 0 Å². The maximum absolute atomic E-state index is 12.3. The fourth-order valence-corrected chi connectivity index (χ4v) is 4.29. The maximum atomic E-state index is 12.3. The van der Waals surface area contributed by atoms with Crippen LogP contribution < -0.4 is 14.8 Å². The molecule has 6 heteroatoms. The van der Waals surface area contributed by atoms with Gasteiger partial charge in [-0.25, -0.2) is 0 Å². The Balaban J connectivity index is 1.77. The molecule has 1 N–H and O–H groups in total. The number of nitrogens with zero attached hydrogens (tertiary/aromatic N) is 1. The minimum absolute atomic E-state index is 0.266. The van der Waals surface area contributed by atoms with Crippen molar-refractivity contribution in [3.8, 4) is 17.6 Å². The smallest absolute Gasteiger partial charge is 0.249 e. The molecule has 0 fully saturated rings. The van der Waals surface area contributed by atoms with Gasteiger partial charge < -0.3 is 14.8 Å². The van der Waals surface area contributed by atoms with Gasteiger partial charge in [0.2, 0.25) is 5.91 Å². The summed E-state index contributed by atoms with van der Waals surface area (Å²) < 4.78 is 10.5. The summed E-state index contributed by atoms with van der Waals surface area (Å²) in [4.78, 5) is 13.5. The number of amides is 1. The van der Waals surface area contributed by atoms with E-state index >= 15 is 0 Å². The van der Waals surface area contributed by atoms with E-state index in [0.717, 1.165) is 36.8 Å². The normalized spacial score (nSPS) is 13.1. The zero-order valence-corrected chi connectivity index (χ0v) is 15.6. The van der Waals surface area contributed by atoms with Gasteiger partial charge in [0, 0.05) is 22.6 Å². The van der Waals surface area contributed by atoms with E-state index in [1.165, 1.54) is 22.3 Å². The molecule has 0 saturated heterocycles. The summed E-state index contributed by atoms with van der Waals surface area (Å²) in [6.07, 6.45) is 7.29. The third kappa shape index (κ3) is 3.73. The third-order valence-corrected chi connectivity index (χ3v) is 5.58. The van der Waals surface area contributed by atoms with Gasteiger partial charge in [-0.1, -0.05) is 0 Å². The van der Waals surface area contributed by atoms with E-state index in [1.54, 1.807) is 32.4 Å². The largest absolute Gasteiger partial charge is 0.497 e. The highest BCUT2D eigenvalue weighted by atomic mass is 32.1. The van der Waals surface area contributed by atoms with Crippen molar-refractivity contribution in [3.63, 3.8) is 0 Å². The van der Waals surface area contributed by atoms with E-state index in [4.69, 9.17) is 9.47 Å². The maximum Gasteiger partial charge on any atom is 0.249 e. The quantitative estimate of drug-likeness (QED) is 0.804. The van der Waals surface area contributed by atoms with Crippen LogP contribution in [0.4, 0.5) is 5.00 Å². The van der Waals surface area contributed by atoms with Crippen LogP contribution in [0.2, 0.25) is 0 Å². The van der Waals surface area contributed by atoms with Crippen molar-refractivity contribution in [1.82, 2.24) is 0 Å². The van der Waals surface area contributed by atoms with E-state index in [1.807, 2.05) is 6.07 Å². The molecule has 0 saturated carbocycles. The average molecular weight is 368 g/mol. The number of benzene rings is 1. The van der Waals surface area contributed by atoms with Crippen molar-refractivity contribution in [2.45, 2.75) is 25.7 Å². The van der Waals surface area contributed by atoms with Gasteiger partial charge in [-0.2, -0.15) is 5.26 Å². The number of anilines is 1. The number of methoxy groups -OCH3 is 2. The summed E-state index contributed by atoms with van der Waals surface area (Å²) in [6.45, 7) is 0. The molecule has 1 aliphatic rings. The molecule has 5 nitrogen and oxygen atoms in total. The van der Waals surface area contributed by atoms with Crippen molar-refractivity contribution in [3.05, 3.63) is 45.8 Å². The Kier molecular flexibility index (Phi) is 5.59. The number of rotatable bonds is 5. The van der Waals surface area contributed by atoms with Gasteiger partial charge in [0.1, 0.15) is 22.6 Å². The minimum atomic E-state index is -0.266. The van der Waals surface area contributed by atoms with Crippen LogP contribution in [0.5, 0.6) is 11.5 Å². The molecule has 3 rings (SSSR count). The third-order valence-electron chi connectivity index (χ3n) is 4.37. The highest BCUT2D eigenvalue weighted by Crippen LogP contribution is 2.37. The SMILES string of the molecule is COc1ccc(C=CC(=O)Nc2sc3c(c2C#N)CCCC3)c(OC)c1. The van der Waals surface area contributed by atoms with Gasteiger partial charge in [-0.05, 0) is 49.5 Å². The van der Waals surface area contributed by atoms with Gasteiger partial charge in [0.15, 0.2) is 0 Å². The molecule has 1 aliphatic carbocycles. The average Bonchev–Trinajstić information content (AvgIpc) is 3.02. The lowest BCUT2D eigenvalue weighted by molar-refractivity contribution is -0.111. The number of nitriles is 1. The lowest BCUT2D eigenvalue weighted by Crippen LogP contribution is -2.08. The van der Waals surface area contributed by atoms with Crippen LogP contribution >= 0.6 is 11.3 Å². The molecular formula is C20H20N2O3S. The minimum Gasteiger partial charge on any atom is -0.497 e. The van der Waals surface area contributed by atoms with Crippen molar-refractivity contribution >= 4 is 28.3 Å². The fraction of sp³-hybridized carbons (Fsp3) is 0.300. The van der Waals surface area contributed by atoms with Gasteiger partial charge in [-0.15, -0.1) is 11.3 Å². The zero-order chi connectivity index (χ0) is 18.5. The molecule has 1 amide bonds. The predicted octanol–water partition coefficient (Wildman–Crippen LogP) is 4.17. The van der Waals surface area contributed by atoms with E-state index in [-0.39, 0.29) is 5.91 Å². The molecule has 0 atom stereocenters. The number of thiophene rings is 1. The predicted molar refractivity (Wildman–Crippen MR) is 103 cm³/mol. The number of carbonyl (C=O) groups excluding carboxylic acids is 1. The first-order chi connectivity index (χ1) is 12.7. The van der Waals surface area contributed by atoms with E-state index in [2.05, 4.69) is 11.4 Å². The number of ether oxygens (including phenoxy) is 2. The summed E-state index contributed by atoms with van der Waals surface area (Å²) in [5.41, 5.74) is 2.50. The number of carbonyl (C=O) groups is 1. The van der Waals surface area contributed by atoms with Crippen LogP contribution in [-0.4, -0.2) is 20.1 Å². The van der Waals surface area contributed by atoms with Crippen LogP contribution in [-0.2, 0) is 17.6 Å². The molecule has 0 radical (unpaired) electrons. The fourth-order valence-electron chi connectivity index (χ4n) is 3.05. The summed E-state index contributed by atoms with van der Waals surface area (Å²) in [5.74, 6) is 1.04. The number of aryl methyl sites for hydroxylation is 1. The van der Waals surface area contributed by atoms with Crippen LogP contribution in [0.1, 0.15) is 34.4 Å². The first-order valence-electron chi connectivity index (χ1n) is 8.42. The Morgan fingerprint density at radius 3 is 2.81 bits per heavy atom. The molecule has 0 bridgehead atoms. The molecule has 0 aliphatic heterocycles. The molecule has 0 unspecified atom stereocenters. The Morgan fingerprint density at radius 2 is 2.08 bits per heavy atom. The lowest BCUT2D eigenvalue weighted by atomic mass is 9.96. The van der Waals surface area contributed by atoms with Gasteiger partial charge in [0.25, 0.3) is 0 Å². The Bertz CT molecular complexity index is 893. The highest BCUT2D eigenvalue weighted by Gasteiger charge is 2.21. The second-order valence-corrected chi connectivity index (χ2v) is 7.06. The summed E-state index contributed by atoms with van der Waals surface area (Å²) in [6, 6.07) is 7.65. The molecule has 1 aromatic carbocycles. The Labute approximate surface area is 156 Å². The van der Waals surface area contributed by atoms with Crippen molar-refractivity contribution < 1.29 is 14.3 Å². The van der Waals surface area contributed by atoms with Gasteiger partial charge >= 0.3 is 0 Å². The molecule has 26 heavy (non-hydrogen) atoms. The Hall–Kier alpha value is -2.78. The number of hydrogen-bond donors (Lipinski definition) is 1. The summed E-state index contributed by atoms with van der Waals surface area (Å²) in [5, 5.41) is 13.0. The summed E-state index contributed by atoms with van der Waals surface area (Å²) in [7, 11) is 3.16. The van der Waals surface area contributed by atoms with E-state index in [0.29, 0.717) is 22.1 Å². The molecular weight excluding hydrogens is 348 g/mol. The molecule has 134 valence electrons. The standard InChI is InChI=1S/C20H20N2O3S/c1-24-14-9-7-13(17(11-14)25-2)8-10-19(23)22-20-16(12-21)15-5-3-4-6-18(15)26-20/h7-11H,3-6H2,1-2H3,(H,22,23). The Morgan fingerprint density at radius 1 is 1.27 bits per heavy atom. The van der Waals surface area contributed by atoms with Crippen molar-refractivity contribution in [1.29, 1.82) is 5.26 Å². The second-order valence-electron chi connectivity index (χ2n) is 5.96. The lowest BCUT2D eigenvalue weighted by Gasteiger charge is -2.09. The number of fused-ring (bicyclic) bond motifs is 1. The number of hydrogen-bond acceptors (Lipinski definition) is 5. The zero-order valence-electron chi connectivity index (χ0n) is 14.8. The van der Waals surface area contributed by atoms with Crippen LogP contribution in [0.3, 0.4) is 0 Å². The number of nitrogens with one attached hydrogen (secondary N) is 1. The van der Waals surface area contributed by atoms with E-state index in [9.17, 15) is 10.1 Å². The molecule has 1 aromatic heterocycles. The van der Waals surface area contributed by atoms with Gasteiger partial charge in [0.05, 0.1) is 19.8 Å².